The molecule has 5 nitrogen and oxygen atoms in total. The average Bonchev–Trinajstić information content (AvgIpc) is 2.85. The Kier molecular flexibility index (Phi) is 3.67. The molecule has 5 heteroatoms. The van der Waals surface area contributed by atoms with Gasteiger partial charge in [-0.25, -0.2) is 4.68 Å². The number of benzene rings is 1. The van der Waals surface area contributed by atoms with Gasteiger partial charge in [0.1, 0.15) is 12.1 Å². The Hall–Kier alpha value is -1.91. The second-order valence-electron chi connectivity index (χ2n) is 5.67. The maximum absolute atomic E-state index is 12.2. The van der Waals surface area contributed by atoms with Crippen LogP contribution in [0.3, 0.4) is 0 Å². The number of para-hydroxylation sites is 1. The molecule has 0 bridgehead atoms. The summed E-state index contributed by atoms with van der Waals surface area (Å²) in [7, 11) is 0. The van der Waals surface area contributed by atoms with E-state index in [1.54, 1.807) is 4.68 Å². The van der Waals surface area contributed by atoms with Crippen molar-refractivity contribution in [2.45, 2.75) is 45.2 Å². The van der Waals surface area contributed by atoms with Gasteiger partial charge in [0.2, 0.25) is 5.91 Å². The Morgan fingerprint density at radius 3 is 3.00 bits per heavy atom. The summed E-state index contributed by atoms with van der Waals surface area (Å²) < 4.78 is 1.66. The van der Waals surface area contributed by atoms with Gasteiger partial charge in [-0.3, -0.25) is 4.79 Å². The first-order valence-corrected chi connectivity index (χ1v) is 7.31. The van der Waals surface area contributed by atoms with E-state index < -0.39 is 0 Å². The molecule has 0 aliphatic heterocycles. The van der Waals surface area contributed by atoms with E-state index in [-0.39, 0.29) is 12.5 Å². The first kappa shape index (κ1) is 13.1. The number of rotatable bonds is 3. The van der Waals surface area contributed by atoms with E-state index in [4.69, 9.17) is 0 Å². The number of hydrogen-bond acceptors (Lipinski definition) is 3. The summed E-state index contributed by atoms with van der Waals surface area (Å²) >= 11 is 0. The van der Waals surface area contributed by atoms with Crippen LogP contribution < -0.4 is 5.32 Å². The molecular formula is C15H20N4O. The number of amides is 1. The Morgan fingerprint density at radius 2 is 2.15 bits per heavy atom. The topological polar surface area (TPSA) is 59.8 Å². The zero-order chi connectivity index (χ0) is 13.9. The number of fused-ring (bicyclic) bond motifs is 1. The third kappa shape index (κ3) is 2.66. The van der Waals surface area contributed by atoms with Crippen molar-refractivity contribution in [2.75, 3.05) is 0 Å². The van der Waals surface area contributed by atoms with Crippen molar-refractivity contribution in [3.63, 3.8) is 0 Å². The minimum atomic E-state index is 0.0272. The lowest BCUT2D eigenvalue weighted by Crippen LogP contribution is -2.42. The second-order valence-corrected chi connectivity index (χ2v) is 5.67. The normalized spacial score (nSPS) is 22.9. The fourth-order valence-corrected chi connectivity index (χ4v) is 2.95. The van der Waals surface area contributed by atoms with Gasteiger partial charge >= 0.3 is 0 Å². The van der Waals surface area contributed by atoms with Gasteiger partial charge < -0.3 is 5.32 Å². The summed E-state index contributed by atoms with van der Waals surface area (Å²) in [6.07, 6.45) is 4.78. The standard InChI is InChI=1S/C15H20N4O/c1-11-6-2-3-7-12(11)16-15(20)10-19-14-9-5-4-8-13(14)17-18-19/h4-5,8-9,11-12H,2-3,6-7,10H2,1H3,(H,16,20)/t11-,12+/m0/s1. The van der Waals surface area contributed by atoms with E-state index in [0.29, 0.717) is 12.0 Å². The molecule has 0 radical (unpaired) electrons. The van der Waals surface area contributed by atoms with Gasteiger partial charge in [-0.05, 0) is 30.9 Å². The molecule has 0 unspecified atom stereocenters. The van der Waals surface area contributed by atoms with Gasteiger partial charge in [-0.15, -0.1) is 5.10 Å². The number of hydrogen-bond donors (Lipinski definition) is 1. The first-order valence-electron chi connectivity index (χ1n) is 7.31. The molecule has 1 fully saturated rings. The predicted molar refractivity (Wildman–Crippen MR) is 77.1 cm³/mol. The van der Waals surface area contributed by atoms with Gasteiger partial charge in [0, 0.05) is 6.04 Å². The number of nitrogens with one attached hydrogen (secondary N) is 1. The zero-order valence-corrected chi connectivity index (χ0v) is 11.7. The number of nitrogens with zero attached hydrogens (tertiary/aromatic N) is 3. The summed E-state index contributed by atoms with van der Waals surface area (Å²) in [4.78, 5) is 12.2. The maximum atomic E-state index is 12.2. The molecule has 1 aromatic carbocycles. The van der Waals surface area contributed by atoms with E-state index in [1.807, 2.05) is 24.3 Å². The number of carbonyl (C=O) groups is 1. The smallest absolute Gasteiger partial charge is 0.242 e. The highest BCUT2D eigenvalue weighted by atomic mass is 16.2. The van der Waals surface area contributed by atoms with Crippen LogP contribution in [0.2, 0.25) is 0 Å². The van der Waals surface area contributed by atoms with Gasteiger partial charge in [-0.1, -0.05) is 37.1 Å². The molecule has 3 rings (SSSR count). The van der Waals surface area contributed by atoms with Gasteiger partial charge in [0.15, 0.2) is 0 Å². The Balaban J connectivity index is 1.66. The molecule has 1 heterocycles. The Bertz CT molecular complexity index is 607. The molecule has 2 atom stereocenters. The lowest BCUT2D eigenvalue weighted by atomic mass is 9.86. The predicted octanol–water partition coefficient (Wildman–Crippen LogP) is 2.13. The van der Waals surface area contributed by atoms with Crippen molar-refractivity contribution < 1.29 is 4.79 Å². The maximum Gasteiger partial charge on any atom is 0.242 e. The van der Waals surface area contributed by atoms with Crippen LogP contribution in [0.4, 0.5) is 0 Å². The van der Waals surface area contributed by atoms with Crippen LogP contribution in [-0.2, 0) is 11.3 Å². The largest absolute Gasteiger partial charge is 0.351 e. The van der Waals surface area contributed by atoms with Crippen molar-refractivity contribution in [3.05, 3.63) is 24.3 Å². The SMILES string of the molecule is C[C@H]1CCCC[C@H]1NC(=O)Cn1nnc2ccccc21. The first-order chi connectivity index (χ1) is 9.74. The average molecular weight is 272 g/mol. The minimum absolute atomic E-state index is 0.0272. The summed E-state index contributed by atoms with van der Waals surface area (Å²) in [6, 6.07) is 8.01. The highest BCUT2D eigenvalue weighted by Crippen LogP contribution is 2.23. The van der Waals surface area contributed by atoms with Crippen LogP contribution >= 0.6 is 0 Å². The van der Waals surface area contributed by atoms with E-state index in [2.05, 4.69) is 22.6 Å². The lowest BCUT2D eigenvalue weighted by Gasteiger charge is -2.29. The van der Waals surface area contributed by atoms with E-state index in [9.17, 15) is 4.79 Å². The highest BCUT2D eigenvalue weighted by Gasteiger charge is 2.23. The van der Waals surface area contributed by atoms with E-state index in [1.165, 1.54) is 19.3 Å². The van der Waals surface area contributed by atoms with Crippen LogP contribution in [0.25, 0.3) is 11.0 Å². The fraction of sp³-hybridized carbons (Fsp3) is 0.533. The molecule has 0 saturated heterocycles. The third-order valence-corrected chi connectivity index (χ3v) is 4.17. The molecule has 1 saturated carbocycles. The molecule has 20 heavy (non-hydrogen) atoms. The molecule has 1 aliphatic carbocycles. The number of aromatic nitrogens is 3. The molecule has 0 spiro atoms. The molecule has 2 aromatic rings. The van der Waals surface area contributed by atoms with Gasteiger partial charge in [-0.2, -0.15) is 0 Å². The van der Waals surface area contributed by atoms with Crippen molar-refractivity contribution in [1.29, 1.82) is 0 Å². The highest BCUT2D eigenvalue weighted by molar-refractivity contribution is 5.79. The summed E-state index contributed by atoms with van der Waals surface area (Å²) in [5.74, 6) is 0.597. The number of carbonyl (C=O) groups excluding carboxylic acids is 1. The minimum Gasteiger partial charge on any atom is -0.351 e. The van der Waals surface area contributed by atoms with Crippen LogP contribution in [0, 0.1) is 5.92 Å². The Morgan fingerprint density at radius 1 is 1.35 bits per heavy atom. The summed E-state index contributed by atoms with van der Waals surface area (Å²) in [5, 5.41) is 11.3. The lowest BCUT2D eigenvalue weighted by molar-refractivity contribution is -0.123. The molecule has 1 aromatic heterocycles. The third-order valence-electron chi connectivity index (χ3n) is 4.17. The van der Waals surface area contributed by atoms with Crippen molar-refractivity contribution in [1.82, 2.24) is 20.3 Å². The molecule has 1 aliphatic rings. The van der Waals surface area contributed by atoms with Crippen molar-refractivity contribution >= 4 is 16.9 Å². The van der Waals surface area contributed by atoms with Gasteiger partial charge in [0.25, 0.3) is 0 Å². The molecule has 1 amide bonds. The molecule has 1 N–H and O–H groups in total. The zero-order valence-electron chi connectivity index (χ0n) is 11.7. The van der Waals surface area contributed by atoms with Crippen molar-refractivity contribution in [3.8, 4) is 0 Å². The molecule has 106 valence electrons. The monoisotopic (exact) mass is 272 g/mol. The fourth-order valence-electron chi connectivity index (χ4n) is 2.95. The van der Waals surface area contributed by atoms with Crippen LogP contribution in [0.5, 0.6) is 0 Å². The Labute approximate surface area is 118 Å². The van der Waals surface area contributed by atoms with Crippen molar-refractivity contribution in [2.24, 2.45) is 5.92 Å². The summed E-state index contributed by atoms with van der Waals surface area (Å²) in [6.45, 7) is 2.46. The quantitative estimate of drug-likeness (QED) is 0.931. The van der Waals surface area contributed by atoms with Gasteiger partial charge in [0.05, 0.1) is 5.52 Å². The van der Waals surface area contributed by atoms with E-state index >= 15 is 0 Å². The second kappa shape index (κ2) is 5.61. The van der Waals surface area contributed by atoms with Crippen LogP contribution in [0.15, 0.2) is 24.3 Å². The van der Waals surface area contributed by atoms with Crippen LogP contribution in [0.1, 0.15) is 32.6 Å². The van der Waals surface area contributed by atoms with E-state index in [0.717, 1.165) is 17.5 Å². The summed E-state index contributed by atoms with van der Waals surface area (Å²) in [5.41, 5.74) is 1.73. The van der Waals surface area contributed by atoms with Crippen LogP contribution in [-0.4, -0.2) is 26.9 Å². The molecular weight excluding hydrogens is 252 g/mol.